The molecule has 1 N–H and O–H groups in total. The van der Waals surface area contributed by atoms with E-state index in [0.29, 0.717) is 21.8 Å². The summed E-state index contributed by atoms with van der Waals surface area (Å²) in [6, 6.07) is 13.5. The minimum atomic E-state index is -0.343. The van der Waals surface area contributed by atoms with Crippen molar-refractivity contribution in [1.29, 1.82) is 0 Å². The topological polar surface area (TPSA) is 69.0 Å². The summed E-state index contributed by atoms with van der Waals surface area (Å²) in [5.41, 5.74) is 3.21. The number of para-hydroxylation sites is 2. The molecule has 0 saturated heterocycles. The van der Waals surface area contributed by atoms with Crippen molar-refractivity contribution in [3.05, 3.63) is 64.4 Å². The highest BCUT2D eigenvalue weighted by molar-refractivity contribution is 7.99. The lowest BCUT2D eigenvalue weighted by atomic mass is 10.0. The quantitative estimate of drug-likeness (QED) is 0.431. The van der Waals surface area contributed by atoms with Gasteiger partial charge in [0.2, 0.25) is 5.91 Å². The number of hydrogen-bond acceptors (Lipinski definition) is 5. The van der Waals surface area contributed by atoms with Gasteiger partial charge in [0, 0.05) is 12.7 Å². The second-order valence-corrected chi connectivity index (χ2v) is 8.44. The smallest absolute Gasteiger partial charge is 0.234 e. The van der Waals surface area contributed by atoms with Gasteiger partial charge in [0.05, 0.1) is 10.8 Å². The molecule has 0 saturated carbocycles. The Kier molecular flexibility index (Phi) is 7.98. The van der Waals surface area contributed by atoms with E-state index in [1.54, 1.807) is 6.07 Å². The number of aryl methyl sites for hydroxylation is 2. The maximum atomic E-state index is 12.6. The summed E-state index contributed by atoms with van der Waals surface area (Å²) < 4.78 is 7.78. The highest BCUT2D eigenvalue weighted by atomic mass is 35.5. The van der Waals surface area contributed by atoms with Crippen LogP contribution in [0.4, 0.5) is 5.69 Å². The summed E-state index contributed by atoms with van der Waals surface area (Å²) in [5.74, 6) is 1.43. The Bertz CT molecular complexity index is 1030. The Labute approximate surface area is 192 Å². The van der Waals surface area contributed by atoms with Crippen LogP contribution in [-0.4, -0.2) is 26.4 Å². The number of nitrogens with zero attached hydrogens (tertiary/aromatic N) is 3. The molecule has 1 unspecified atom stereocenters. The summed E-state index contributed by atoms with van der Waals surface area (Å²) in [6.45, 7) is 6.07. The highest BCUT2D eigenvalue weighted by Crippen LogP contribution is 2.29. The Morgan fingerprint density at radius 3 is 2.45 bits per heavy atom. The van der Waals surface area contributed by atoms with Gasteiger partial charge >= 0.3 is 0 Å². The van der Waals surface area contributed by atoms with E-state index in [-0.39, 0.29) is 17.8 Å². The predicted octanol–water partition coefficient (Wildman–Crippen LogP) is 5.46. The van der Waals surface area contributed by atoms with Gasteiger partial charge in [-0.15, -0.1) is 10.2 Å². The molecule has 1 atom stereocenters. The number of ether oxygens (including phenoxy) is 1. The zero-order chi connectivity index (χ0) is 22.4. The minimum absolute atomic E-state index is 0.0643. The summed E-state index contributed by atoms with van der Waals surface area (Å²) >= 11 is 7.52. The molecular weight excluding hydrogens is 432 g/mol. The average Bonchev–Trinajstić information content (AvgIpc) is 3.14. The third-order valence-electron chi connectivity index (χ3n) is 4.97. The van der Waals surface area contributed by atoms with E-state index in [1.807, 2.05) is 42.8 Å². The highest BCUT2D eigenvalue weighted by Gasteiger charge is 2.19. The van der Waals surface area contributed by atoms with E-state index in [1.165, 1.54) is 11.8 Å². The van der Waals surface area contributed by atoms with Crippen molar-refractivity contribution in [3.8, 4) is 5.75 Å². The number of carbonyl (C=O) groups is 1. The monoisotopic (exact) mass is 458 g/mol. The molecule has 1 aromatic heterocycles. The van der Waals surface area contributed by atoms with Crippen LogP contribution in [0.3, 0.4) is 0 Å². The van der Waals surface area contributed by atoms with Crippen LogP contribution in [0.1, 0.15) is 43.8 Å². The molecule has 1 amide bonds. The molecule has 8 heteroatoms. The third kappa shape index (κ3) is 5.60. The zero-order valence-electron chi connectivity index (χ0n) is 18.2. The summed E-state index contributed by atoms with van der Waals surface area (Å²) in [4.78, 5) is 12.6. The van der Waals surface area contributed by atoms with Crippen LogP contribution in [0, 0.1) is 0 Å². The van der Waals surface area contributed by atoms with Gasteiger partial charge in [-0.2, -0.15) is 0 Å². The Balaban J connectivity index is 1.64. The number of amides is 1. The van der Waals surface area contributed by atoms with Crippen LogP contribution in [-0.2, 0) is 24.7 Å². The number of benzene rings is 2. The fraction of sp³-hybridized carbons (Fsp3) is 0.348. The van der Waals surface area contributed by atoms with Crippen molar-refractivity contribution >= 4 is 35.0 Å². The fourth-order valence-electron chi connectivity index (χ4n) is 3.30. The molecular formula is C23H27ClN4O2S. The molecule has 0 fully saturated rings. The van der Waals surface area contributed by atoms with Crippen LogP contribution < -0.4 is 10.1 Å². The molecule has 3 aromatic rings. The number of nitrogens with one attached hydrogen (secondary N) is 1. The maximum Gasteiger partial charge on any atom is 0.234 e. The van der Waals surface area contributed by atoms with Gasteiger partial charge in [0.1, 0.15) is 5.75 Å². The number of hydrogen-bond donors (Lipinski definition) is 1. The van der Waals surface area contributed by atoms with E-state index in [2.05, 4.69) is 41.5 Å². The normalized spacial score (nSPS) is 11.9. The van der Waals surface area contributed by atoms with Crippen LogP contribution >= 0.6 is 23.4 Å². The zero-order valence-corrected chi connectivity index (χ0v) is 19.8. The molecule has 164 valence electrons. The molecule has 3 rings (SSSR count). The molecule has 0 radical (unpaired) electrons. The molecule has 0 bridgehead atoms. The molecule has 0 aliphatic heterocycles. The van der Waals surface area contributed by atoms with E-state index < -0.39 is 0 Å². The molecule has 6 nitrogen and oxygen atoms in total. The van der Waals surface area contributed by atoms with Crippen LogP contribution in [0.25, 0.3) is 0 Å². The molecule has 2 aromatic carbocycles. The van der Waals surface area contributed by atoms with Crippen LogP contribution in [0.2, 0.25) is 5.02 Å². The first-order valence-corrected chi connectivity index (χ1v) is 11.6. The molecule has 0 aliphatic carbocycles. The largest absolute Gasteiger partial charge is 0.481 e. The van der Waals surface area contributed by atoms with Gasteiger partial charge in [-0.05, 0) is 43.0 Å². The average molecular weight is 459 g/mol. The van der Waals surface area contributed by atoms with Gasteiger partial charge < -0.3 is 14.6 Å². The van der Waals surface area contributed by atoms with E-state index in [4.69, 9.17) is 16.3 Å². The van der Waals surface area contributed by atoms with E-state index in [9.17, 15) is 4.79 Å². The van der Waals surface area contributed by atoms with Crippen molar-refractivity contribution in [3.63, 3.8) is 0 Å². The van der Waals surface area contributed by atoms with Gasteiger partial charge in [-0.3, -0.25) is 4.79 Å². The first-order chi connectivity index (χ1) is 14.9. The Morgan fingerprint density at radius 1 is 1.13 bits per heavy atom. The number of thioether (sulfide) groups is 1. The molecule has 31 heavy (non-hydrogen) atoms. The van der Waals surface area contributed by atoms with E-state index in [0.717, 1.165) is 29.7 Å². The second kappa shape index (κ2) is 10.7. The lowest BCUT2D eigenvalue weighted by Crippen LogP contribution is -2.17. The molecule has 0 spiro atoms. The summed E-state index contributed by atoms with van der Waals surface area (Å²) in [6.07, 6.45) is 1.39. The lowest BCUT2D eigenvalue weighted by Gasteiger charge is -2.15. The number of anilines is 1. The van der Waals surface area contributed by atoms with Crippen molar-refractivity contribution in [2.24, 2.45) is 7.05 Å². The van der Waals surface area contributed by atoms with E-state index >= 15 is 0 Å². The van der Waals surface area contributed by atoms with Gasteiger partial charge in [-0.25, -0.2) is 0 Å². The number of rotatable bonds is 9. The van der Waals surface area contributed by atoms with Gasteiger partial charge in [0.25, 0.3) is 0 Å². The number of halogens is 1. The van der Waals surface area contributed by atoms with Gasteiger partial charge in [0.15, 0.2) is 17.1 Å². The number of aromatic nitrogens is 3. The van der Waals surface area contributed by atoms with Gasteiger partial charge in [-0.1, -0.05) is 67.5 Å². The Morgan fingerprint density at radius 2 is 1.81 bits per heavy atom. The van der Waals surface area contributed by atoms with Crippen LogP contribution in [0.5, 0.6) is 5.75 Å². The third-order valence-corrected chi connectivity index (χ3v) is 6.30. The molecule has 1 heterocycles. The Hall–Kier alpha value is -2.51. The molecule has 0 aliphatic rings. The predicted molar refractivity (Wildman–Crippen MR) is 126 cm³/mol. The summed E-state index contributed by atoms with van der Waals surface area (Å²) in [7, 11) is 1.86. The first kappa shape index (κ1) is 23.2. The van der Waals surface area contributed by atoms with Crippen molar-refractivity contribution in [1.82, 2.24) is 14.8 Å². The summed E-state index contributed by atoms with van der Waals surface area (Å²) in [5, 5.41) is 12.8. The lowest BCUT2D eigenvalue weighted by molar-refractivity contribution is -0.113. The second-order valence-electron chi connectivity index (χ2n) is 7.09. The fourth-order valence-corrected chi connectivity index (χ4v) is 4.20. The first-order valence-electron chi connectivity index (χ1n) is 10.3. The number of carbonyl (C=O) groups excluding carboxylic acids is 1. The SMILES string of the molecule is CCc1cccc(CC)c1NC(=O)CSc1nnc(C(C)Oc2ccccc2Cl)n1C. The van der Waals surface area contributed by atoms with Crippen molar-refractivity contribution in [2.45, 2.75) is 44.9 Å². The maximum absolute atomic E-state index is 12.6. The standard InChI is InChI=1S/C23H27ClN4O2S/c1-5-16-10-9-11-17(6-2)21(16)25-20(29)14-31-23-27-26-22(28(23)4)15(3)30-19-13-8-7-12-18(19)24/h7-13,15H,5-6,14H2,1-4H3,(H,25,29). The van der Waals surface area contributed by atoms with Crippen molar-refractivity contribution < 1.29 is 9.53 Å². The van der Waals surface area contributed by atoms with Crippen LogP contribution in [0.15, 0.2) is 47.6 Å². The van der Waals surface area contributed by atoms with Crippen molar-refractivity contribution in [2.75, 3.05) is 11.1 Å². The minimum Gasteiger partial charge on any atom is -0.481 e.